The minimum Gasteiger partial charge on any atom is -0.497 e. The van der Waals surface area contributed by atoms with Crippen LogP contribution in [0.4, 0.5) is 4.39 Å². The van der Waals surface area contributed by atoms with Crippen molar-refractivity contribution in [3.8, 4) is 5.75 Å². The molecule has 0 aliphatic carbocycles. The highest BCUT2D eigenvalue weighted by Crippen LogP contribution is 2.17. The van der Waals surface area contributed by atoms with Gasteiger partial charge in [0.1, 0.15) is 11.6 Å². The van der Waals surface area contributed by atoms with Crippen molar-refractivity contribution < 1.29 is 13.9 Å². The lowest BCUT2D eigenvalue weighted by Gasteiger charge is -2.01. The molecule has 92 valence electrons. The number of thioether (sulfide) groups is 1. The molecule has 0 spiro atoms. The third-order valence-electron chi connectivity index (χ3n) is 2.03. The van der Waals surface area contributed by atoms with Crippen molar-refractivity contribution in [3.63, 3.8) is 0 Å². The topological polar surface area (TPSA) is 26.3 Å². The molecule has 0 N–H and O–H groups in total. The predicted molar refractivity (Wildman–Crippen MR) is 69.7 cm³/mol. The normalized spacial score (nSPS) is 10.8. The van der Waals surface area contributed by atoms with Crippen LogP contribution in [0.25, 0.3) is 6.08 Å². The van der Waals surface area contributed by atoms with Crippen LogP contribution >= 0.6 is 11.8 Å². The van der Waals surface area contributed by atoms with Crippen molar-refractivity contribution in [3.05, 3.63) is 35.7 Å². The summed E-state index contributed by atoms with van der Waals surface area (Å²) in [5.74, 6) is 0.933. The summed E-state index contributed by atoms with van der Waals surface area (Å²) in [6.45, 7) is 1.55. The molecular weight excluding hydrogens is 239 g/mol. The van der Waals surface area contributed by atoms with Crippen LogP contribution in [0.15, 0.2) is 24.3 Å². The number of hydrogen-bond acceptors (Lipinski definition) is 3. The number of benzene rings is 1. The Morgan fingerprint density at radius 3 is 2.88 bits per heavy atom. The Bertz CT molecular complexity index is 416. The van der Waals surface area contributed by atoms with Crippen LogP contribution in [-0.2, 0) is 4.79 Å². The maximum absolute atomic E-state index is 13.1. The largest absolute Gasteiger partial charge is 0.497 e. The number of methoxy groups -OCH3 is 1. The molecule has 17 heavy (non-hydrogen) atoms. The molecular formula is C13H15FO2S. The number of carbonyl (C=O) groups excluding carboxylic acids is 1. The van der Waals surface area contributed by atoms with Gasteiger partial charge in [-0.05, 0) is 24.1 Å². The van der Waals surface area contributed by atoms with Gasteiger partial charge in [0, 0.05) is 18.7 Å². The second-order valence-electron chi connectivity index (χ2n) is 3.46. The minimum absolute atomic E-state index is 0.117. The number of rotatable bonds is 5. The Morgan fingerprint density at radius 1 is 1.47 bits per heavy atom. The number of hydrogen-bond donors (Lipinski definition) is 0. The van der Waals surface area contributed by atoms with Crippen LogP contribution in [0.1, 0.15) is 18.9 Å². The molecule has 0 aromatic heterocycles. The second-order valence-corrected chi connectivity index (χ2v) is 4.73. The molecule has 0 radical (unpaired) electrons. The van der Waals surface area contributed by atoms with Gasteiger partial charge in [-0.2, -0.15) is 0 Å². The molecule has 4 heteroatoms. The zero-order valence-electron chi connectivity index (χ0n) is 9.90. The molecule has 0 saturated carbocycles. The number of ether oxygens (including phenoxy) is 1. The lowest BCUT2D eigenvalue weighted by atomic mass is 10.2. The summed E-state index contributed by atoms with van der Waals surface area (Å²) in [6.07, 6.45) is 4.53. The van der Waals surface area contributed by atoms with Gasteiger partial charge in [0.2, 0.25) is 0 Å². The summed E-state index contributed by atoms with van der Waals surface area (Å²) < 4.78 is 18.1. The zero-order chi connectivity index (χ0) is 12.7. The molecule has 0 fully saturated rings. The lowest BCUT2D eigenvalue weighted by Crippen LogP contribution is -1.86. The third kappa shape index (κ3) is 5.54. The third-order valence-corrected chi connectivity index (χ3v) is 2.88. The second kappa shape index (κ2) is 7.12. The quantitative estimate of drug-likeness (QED) is 0.752. The summed E-state index contributed by atoms with van der Waals surface area (Å²) in [5, 5.41) is 0.117. The first-order chi connectivity index (χ1) is 8.11. The molecule has 0 atom stereocenters. The molecule has 0 bridgehead atoms. The Hall–Kier alpha value is -1.29. The van der Waals surface area contributed by atoms with Gasteiger partial charge in [0.05, 0.1) is 7.11 Å². The Labute approximate surface area is 105 Å². The molecule has 0 amide bonds. The SMILES string of the molecule is COc1cc(F)cc(C=CCCSC(C)=O)c1. The molecule has 1 aromatic rings. The number of carbonyl (C=O) groups is 1. The van der Waals surface area contributed by atoms with Gasteiger partial charge in [-0.3, -0.25) is 4.79 Å². The van der Waals surface area contributed by atoms with Crippen LogP contribution in [-0.4, -0.2) is 18.0 Å². The molecule has 1 rings (SSSR count). The van der Waals surface area contributed by atoms with Crippen LogP contribution in [0.3, 0.4) is 0 Å². The van der Waals surface area contributed by atoms with Gasteiger partial charge in [-0.15, -0.1) is 0 Å². The summed E-state index contributed by atoms with van der Waals surface area (Å²) >= 11 is 1.29. The van der Waals surface area contributed by atoms with Crippen LogP contribution < -0.4 is 4.74 Å². The fraction of sp³-hybridized carbons (Fsp3) is 0.308. The molecule has 0 aliphatic rings. The first-order valence-corrected chi connectivity index (χ1v) is 6.25. The van der Waals surface area contributed by atoms with Crippen molar-refractivity contribution in [2.75, 3.05) is 12.9 Å². The summed E-state index contributed by atoms with van der Waals surface area (Å²) in [6, 6.07) is 4.54. The monoisotopic (exact) mass is 254 g/mol. The van der Waals surface area contributed by atoms with Gasteiger partial charge in [0.15, 0.2) is 5.12 Å². The molecule has 0 aliphatic heterocycles. The maximum atomic E-state index is 13.1. The van der Waals surface area contributed by atoms with Gasteiger partial charge in [-0.1, -0.05) is 23.9 Å². The molecule has 0 heterocycles. The number of allylic oxidation sites excluding steroid dienone is 1. The van der Waals surface area contributed by atoms with Crippen LogP contribution in [0.2, 0.25) is 0 Å². The standard InChI is InChI=1S/C13H15FO2S/c1-10(15)17-6-4-3-5-11-7-12(14)9-13(8-11)16-2/h3,5,7-9H,4,6H2,1-2H3. The average Bonchev–Trinajstić information content (AvgIpc) is 2.27. The van der Waals surface area contributed by atoms with Gasteiger partial charge in [0.25, 0.3) is 0 Å². The van der Waals surface area contributed by atoms with E-state index in [0.29, 0.717) is 5.75 Å². The predicted octanol–water partition coefficient (Wildman–Crippen LogP) is 3.52. The van der Waals surface area contributed by atoms with Crippen LogP contribution in [0.5, 0.6) is 5.75 Å². The van der Waals surface area contributed by atoms with E-state index in [0.717, 1.165) is 17.7 Å². The van der Waals surface area contributed by atoms with E-state index in [2.05, 4.69) is 0 Å². The average molecular weight is 254 g/mol. The first kappa shape index (κ1) is 13.8. The van der Waals surface area contributed by atoms with E-state index in [1.54, 1.807) is 13.0 Å². The number of halogens is 1. The van der Waals surface area contributed by atoms with E-state index in [4.69, 9.17) is 4.74 Å². The van der Waals surface area contributed by atoms with E-state index in [1.807, 2.05) is 12.2 Å². The smallest absolute Gasteiger partial charge is 0.185 e. The first-order valence-electron chi connectivity index (χ1n) is 5.26. The summed E-state index contributed by atoms with van der Waals surface area (Å²) in [7, 11) is 1.51. The molecule has 1 aromatic carbocycles. The van der Waals surface area contributed by atoms with Crippen molar-refractivity contribution in [2.45, 2.75) is 13.3 Å². The zero-order valence-corrected chi connectivity index (χ0v) is 10.7. The molecule has 0 saturated heterocycles. The Balaban J connectivity index is 2.52. The maximum Gasteiger partial charge on any atom is 0.185 e. The molecule has 0 unspecified atom stereocenters. The van der Waals surface area contributed by atoms with Crippen molar-refractivity contribution >= 4 is 23.0 Å². The van der Waals surface area contributed by atoms with E-state index >= 15 is 0 Å². The summed E-state index contributed by atoms with van der Waals surface area (Å²) in [5.41, 5.74) is 0.759. The highest BCUT2D eigenvalue weighted by molar-refractivity contribution is 8.13. The Morgan fingerprint density at radius 2 is 2.24 bits per heavy atom. The minimum atomic E-state index is -0.317. The van der Waals surface area contributed by atoms with Crippen molar-refractivity contribution in [1.29, 1.82) is 0 Å². The van der Waals surface area contributed by atoms with Crippen molar-refractivity contribution in [2.24, 2.45) is 0 Å². The Kier molecular flexibility index (Phi) is 5.77. The highest BCUT2D eigenvalue weighted by atomic mass is 32.2. The van der Waals surface area contributed by atoms with Crippen molar-refractivity contribution in [1.82, 2.24) is 0 Å². The van der Waals surface area contributed by atoms with E-state index in [9.17, 15) is 9.18 Å². The van der Waals surface area contributed by atoms with Crippen LogP contribution in [0, 0.1) is 5.82 Å². The van der Waals surface area contributed by atoms with Gasteiger partial charge < -0.3 is 4.74 Å². The molecule has 2 nitrogen and oxygen atoms in total. The van der Waals surface area contributed by atoms with E-state index < -0.39 is 0 Å². The van der Waals surface area contributed by atoms with Gasteiger partial charge in [-0.25, -0.2) is 4.39 Å². The van der Waals surface area contributed by atoms with Gasteiger partial charge >= 0.3 is 0 Å². The summed E-state index contributed by atoms with van der Waals surface area (Å²) in [4.78, 5) is 10.7. The lowest BCUT2D eigenvalue weighted by molar-refractivity contribution is -0.109. The van der Waals surface area contributed by atoms with E-state index in [-0.39, 0.29) is 10.9 Å². The fourth-order valence-corrected chi connectivity index (χ4v) is 1.83. The fourth-order valence-electron chi connectivity index (χ4n) is 1.29. The van der Waals surface area contributed by atoms with E-state index in [1.165, 1.54) is 31.0 Å². The highest BCUT2D eigenvalue weighted by Gasteiger charge is 1.98.